The zero-order valence-corrected chi connectivity index (χ0v) is 10.1. The number of ether oxygens (including phenoxy) is 1. The molecular formula is C11H9ClF2N2O2. The molecule has 0 atom stereocenters. The fourth-order valence-electron chi connectivity index (χ4n) is 1.51. The Morgan fingerprint density at radius 1 is 1.39 bits per heavy atom. The largest absolute Gasteiger partial charge is 0.380 e. The molecule has 0 unspecified atom stereocenters. The Morgan fingerprint density at radius 3 is 2.67 bits per heavy atom. The number of nitrogen functional groups attached to an aromatic ring is 1. The van der Waals surface area contributed by atoms with Crippen LogP contribution < -0.4 is 5.73 Å². The Balaban J connectivity index is 2.57. The van der Waals surface area contributed by atoms with Crippen molar-refractivity contribution >= 4 is 17.5 Å². The summed E-state index contributed by atoms with van der Waals surface area (Å²) >= 11 is 5.87. The van der Waals surface area contributed by atoms with E-state index < -0.39 is 11.6 Å². The summed E-state index contributed by atoms with van der Waals surface area (Å²) in [6.07, 6.45) is 0. The van der Waals surface area contributed by atoms with Crippen molar-refractivity contribution in [1.29, 1.82) is 0 Å². The number of aromatic nitrogens is 1. The summed E-state index contributed by atoms with van der Waals surface area (Å²) < 4.78 is 37.0. The number of hydrogen-bond donors (Lipinski definition) is 1. The quantitative estimate of drug-likeness (QED) is 0.874. The molecule has 2 rings (SSSR count). The number of rotatable bonds is 3. The first kappa shape index (κ1) is 12.8. The first-order chi connectivity index (χ1) is 8.54. The highest BCUT2D eigenvalue weighted by Crippen LogP contribution is 2.32. The first-order valence-corrected chi connectivity index (χ1v) is 5.30. The molecular weight excluding hydrogens is 266 g/mol. The van der Waals surface area contributed by atoms with E-state index in [1.807, 2.05) is 0 Å². The third kappa shape index (κ3) is 2.16. The Morgan fingerprint density at radius 2 is 2.11 bits per heavy atom. The summed E-state index contributed by atoms with van der Waals surface area (Å²) in [6.45, 7) is -0.122. The molecule has 0 fully saturated rings. The second-order valence-corrected chi connectivity index (χ2v) is 3.97. The van der Waals surface area contributed by atoms with E-state index in [2.05, 4.69) is 9.68 Å². The van der Waals surface area contributed by atoms with Gasteiger partial charge < -0.3 is 15.0 Å². The van der Waals surface area contributed by atoms with Crippen molar-refractivity contribution in [1.82, 2.24) is 5.16 Å². The minimum Gasteiger partial charge on any atom is -0.380 e. The molecule has 0 amide bonds. The molecule has 0 spiro atoms. The van der Waals surface area contributed by atoms with E-state index in [9.17, 15) is 8.78 Å². The topological polar surface area (TPSA) is 61.3 Å². The molecule has 0 aliphatic rings. The lowest BCUT2D eigenvalue weighted by atomic mass is 10.1. The highest BCUT2D eigenvalue weighted by atomic mass is 35.5. The van der Waals surface area contributed by atoms with Crippen molar-refractivity contribution in [2.24, 2.45) is 0 Å². The van der Waals surface area contributed by atoms with Crippen LogP contribution in [0.2, 0.25) is 5.02 Å². The van der Waals surface area contributed by atoms with Crippen molar-refractivity contribution in [3.8, 4) is 11.3 Å². The fraction of sp³-hybridized carbons (Fsp3) is 0.182. The van der Waals surface area contributed by atoms with Crippen LogP contribution in [0.4, 0.5) is 14.7 Å². The molecule has 2 aromatic rings. The average molecular weight is 275 g/mol. The number of nitrogens with two attached hydrogens (primary N) is 1. The van der Waals surface area contributed by atoms with Crippen molar-refractivity contribution in [2.75, 3.05) is 12.8 Å². The number of nitrogens with zero attached hydrogens (tertiary/aromatic N) is 1. The maximum absolute atomic E-state index is 13.8. The molecule has 7 heteroatoms. The smallest absolute Gasteiger partial charge is 0.222 e. The highest BCUT2D eigenvalue weighted by Gasteiger charge is 2.20. The van der Waals surface area contributed by atoms with Crippen molar-refractivity contribution in [3.63, 3.8) is 0 Å². The maximum Gasteiger partial charge on any atom is 0.222 e. The minimum atomic E-state index is -1.07. The zero-order valence-electron chi connectivity index (χ0n) is 9.34. The second kappa shape index (κ2) is 4.91. The number of hydrogen-bond acceptors (Lipinski definition) is 4. The average Bonchev–Trinajstić information content (AvgIpc) is 2.76. The number of halogens is 3. The molecule has 96 valence electrons. The van der Waals surface area contributed by atoms with Gasteiger partial charge in [-0.05, 0) is 6.07 Å². The van der Waals surface area contributed by atoms with Crippen molar-refractivity contribution in [2.45, 2.75) is 6.61 Å². The van der Waals surface area contributed by atoms with E-state index in [0.717, 1.165) is 0 Å². The summed E-state index contributed by atoms with van der Waals surface area (Å²) in [6, 6.07) is 2.54. The van der Waals surface area contributed by atoms with Crippen LogP contribution in [0.25, 0.3) is 11.3 Å². The Hall–Kier alpha value is -1.66. The fourth-order valence-corrected chi connectivity index (χ4v) is 1.76. The molecule has 4 nitrogen and oxygen atoms in total. The van der Waals surface area contributed by atoms with Gasteiger partial charge in [-0.25, -0.2) is 8.78 Å². The molecule has 1 aromatic carbocycles. The molecule has 0 saturated heterocycles. The molecule has 1 heterocycles. The van der Waals surface area contributed by atoms with E-state index in [1.54, 1.807) is 0 Å². The molecule has 1 aromatic heterocycles. The number of methoxy groups -OCH3 is 1. The van der Waals surface area contributed by atoms with E-state index in [-0.39, 0.29) is 34.3 Å². The van der Waals surface area contributed by atoms with Crippen LogP contribution in [0.1, 0.15) is 5.56 Å². The molecule has 2 N–H and O–H groups in total. The summed E-state index contributed by atoms with van der Waals surface area (Å²) in [5, 5.41) is 3.56. The Kier molecular flexibility index (Phi) is 3.49. The lowest BCUT2D eigenvalue weighted by Gasteiger charge is -2.08. The summed E-state index contributed by atoms with van der Waals surface area (Å²) in [5.74, 6) is -2.14. The molecule has 0 radical (unpaired) electrons. The third-order valence-corrected chi connectivity index (χ3v) is 2.68. The lowest BCUT2D eigenvalue weighted by molar-refractivity contribution is 0.180. The van der Waals surface area contributed by atoms with Crippen LogP contribution in [0.3, 0.4) is 0 Å². The van der Waals surface area contributed by atoms with E-state index in [4.69, 9.17) is 22.1 Å². The standard InChI is InChI=1S/C11H9ClF2N2O2/c1-17-4-6-7(12)2-5(10(13)11(6)14)8-3-9(15)18-16-8/h2-3H,4,15H2,1H3. The van der Waals surface area contributed by atoms with Crippen LogP contribution >= 0.6 is 11.6 Å². The molecule has 18 heavy (non-hydrogen) atoms. The Bertz CT molecular complexity index is 587. The van der Waals surface area contributed by atoms with Gasteiger partial charge in [0.1, 0.15) is 5.69 Å². The highest BCUT2D eigenvalue weighted by molar-refractivity contribution is 6.31. The minimum absolute atomic E-state index is 0.00176. The van der Waals surface area contributed by atoms with Gasteiger partial charge in [-0.3, -0.25) is 0 Å². The molecule has 0 bridgehead atoms. The monoisotopic (exact) mass is 274 g/mol. The van der Waals surface area contributed by atoms with Crippen molar-refractivity contribution < 1.29 is 18.0 Å². The predicted octanol–water partition coefficient (Wildman–Crippen LogP) is 3.00. The van der Waals surface area contributed by atoms with Gasteiger partial charge in [0.15, 0.2) is 11.6 Å². The second-order valence-electron chi connectivity index (χ2n) is 3.56. The van der Waals surface area contributed by atoms with Crippen LogP contribution in [-0.4, -0.2) is 12.3 Å². The predicted molar refractivity (Wildman–Crippen MR) is 62.0 cm³/mol. The van der Waals surface area contributed by atoms with Gasteiger partial charge in [0.05, 0.1) is 6.61 Å². The molecule has 0 saturated carbocycles. The lowest BCUT2D eigenvalue weighted by Crippen LogP contribution is -2.00. The van der Waals surface area contributed by atoms with E-state index in [1.165, 1.54) is 19.2 Å². The normalized spacial score (nSPS) is 10.9. The van der Waals surface area contributed by atoms with Gasteiger partial charge in [-0.1, -0.05) is 16.8 Å². The summed E-state index contributed by atoms with van der Waals surface area (Å²) in [5.41, 5.74) is 5.24. The Labute approximate surface area is 106 Å². The van der Waals surface area contributed by atoms with Crippen LogP contribution in [0.5, 0.6) is 0 Å². The summed E-state index contributed by atoms with van der Waals surface area (Å²) in [7, 11) is 1.36. The van der Waals surface area contributed by atoms with Gasteiger partial charge in [0.2, 0.25) is 5.88 Å². The van der Waals surface area contributed by atoms with Crippen molar-refractivity contribution in [3.05, 3.63) is 34.4 Å². The van der Waals surface area contributed by atoms with Gasteiger partial charge in [0, 0.05) is 29.3 Å². The summed E-state index contributed by atoms with van der Waals surface area (Å²) in [4.78, 5) is 0. The van der Waals surface area contributed by atoms with Gasteiger partial charge in [-0.15, -0.1) is 0 Å². The van der Waals surface area contributed by atoms with Gasteiger partial charge in [-0.2, -0.15) is 0 Å². The number of anilines is 1. The van der Waals surface area contributed by atoms with Crippen LogP contribution in [-0.2, 0) is 11.3 Å². The molecule has 0 aliphatic heterocycles. The SMILES string of the molecule is COCc1c(Cl)cc(-c2cc(N)on2)c(F)c1F. The van der Waals surface area contributed by atoms with Gasteiger partial charge in [0.25, 0.3) is 0 Å². The van der Waals surface area contributed by atoms with Crippen LogP contribution in [0, 0.1) is 11.6 Å². The molecule has 0 aliphatic carbocycles. The first-order valence-electron chi connectivity index (χ1n) is 4.92. The number of benzene rings is 1. The van der Waals surface area contributed by atoms with E-state index >= 15 is 0 Å². The third-order valence-electron chi connectivity index (χ3n) is 2.35. The van der Waals surface area contributed by atoms with E-state index in [0.29, 0.717) is 0 Å². The maximum atomic E-state index is 13.8. The van der Waals surface area contributed by atoms with Gasteiger partial charge >= 0.3 is 0 Å². The zero-order chi connectivity index (χ0) is 13.3. The van der Waals surface area contributed by atoms with Crippen LogP contribution in [0.15, 0.2) is 16.7 Å².